The van der Waals surface area contributed by atoms with Crippen LogP contribution in [0.4, 0.5) is 0 Å². The Balaban J connectivity index is 3.49. The third kappa shape index (κ3) is 6.48. The second-order valence-electron chi connectivity index (χ2n) is 3.41. The summed E-state index contributed by atoms with van der Waals surface area (Å²) in [4.78, 5) is 13.2. The molecule has 4 heteroatoms. The van der Waals surface area contributed by atoms with Crippen LogP contribution in [0.2, 0.25) is 0 Å². The Morgan fingerprint density at radius 3 is 2.43 bits per heavy atom. The predicted octanol–water partition coefficient (Wildman–Crippen LogP) is 0.178. The average Bonchev–Trinajstić information content (AvgIpc) is 2.14. The standard InChI is InChI=1S/C10H21N3O/c1-9(13(3)4)5-6-10(14)12-8-7-11-2/h11H,1,5-8H2,2-4H3,(H,12,14). The second kappa shape index (κ2) is 7.38. The van der Waals surface area contributed by atoms with Crippen molar-refractivity contribution in [3.05, 3.63) is 12.3 Å². The number of allylic oxidation sites excluding steroid dienone is 1. The van der Waals surface area contributed by atoms with E-state index in [1.54, 1.807) is 0 Å². The maximum Gasteiger partial charge on any atom is 0.220 e. The normalized spacial score (nSPS) is 9.64. The lowest BCUT2D eigenvalue weighted by Gasteiger charge is -2.15. The van der Waals surface area contributed by atoms with Crippen LogP contribution < -0.4 is 10.6 Å². The van der Waals surface area contributed by atoms with Crippen molar-refractivity contribution >= 4 is 5.91 Å². The number of nitrogens with one attached hydrogen (secondary N) is 2. The molecule has 0 aromatic rings. The van der Waals surface area contributed by atoms with Gasteiger partial charge in [-0.05, 0) is 13.5 Å². The molecule has 82 valence electrons. The molecule has 0 unspecified atom stereocenters. The largest absolute Gasteiger partial charge is 0.381 e. The molecule has 0 saturated carbocycles. The molecule has 1 amide bonds. The van der Waals surface area contributed by atoms with Gasteiger partial charge in [0.15, 0.2) is 0 Å². The number of hydrogen-bond donors (Lipinski definition) is 2. The molecule has 2 N–H and O–H groups in total. The van der Waals surface area contributed by atoms with E-state index < -0.39 is 0 Å². The fourth-order valence-corrected chi connectivity index (χ4v) is 0.897. The van der Waals surface area contributed by atoms with Crippen LogP contribution in [0.15, 0.2) is 12.3 Å². The first kappa shape index (κ1) is 13.0. The number of carbonyl (C=O) groups excluding carboxylic acids is 1. The molecule has 0 aliphatic heterocycles. The first-order valence-corrected chi connectivity index (χ1v) is 4.84. The number of rotatable bonds is 7. The Morgan fingerprint density at radius 1 is 1.29 bits per heavy atom. The zero-order chi connectivity index (χ0) is 11.0. The minimum atomic E-state index is 0.0863. The maximum atomic E-state index is 11.2. The van der Waals surface area contributed by atoms with Gasteiger partial charge in [0.05, 0.1) is 0 Å². The van der Waals surface area contributed by atoms with Gasteiger partial charge in [0.1, 0.15) is 0 Å². The third-order valence-corrected chi connectivity index (χ3v) is 1.97. The first-order valence-electron chi connectivity index (χ1n) is 4.84. The summed E-state index contributed by atoms with van der Waals surface area (Å²) in [5, 5.41) is 5.78. The summed E-state index contributed by atoms with van der Waals surface area (Å²) in [5.74, 6) is 0.0863. The minimum Gasteiger partial charge on any atom is -0.381 e. The lowest BCUT2D eigenvalue weighted by molar-refractivity contribution is -0.121. The van der Waals surface area contributed by atoms with E-state index in [1.807, 2.05) is 26.0 Å². The van der Waals surface area contributed by atoms with E-state index in [0.717, 1.165) is 18.7 Å². The van der Waals surface area contributed by atoms with Crippen LogP contribution in [0.1, 0.15) is 12.8 Å². The van der Waals surface area contributed by atoms with E-state index in [9.17, 15) is 4.79 Å². The summed E-state index contributed by atoms with van der Waals surface area (Å²) in [7, 11) is 5.72. The molecular formula is C10H21N3O. The van der Waals surface area contributed by atoms with Gasteiger partial charge in [0.25, 0.3) is 0 Å². The second-order valence-corrected chi connectivity index (χ2v) is 3.41. The summed E-state index contributed by atoms with van der Waals surface area (Å²) in [6.07, 6.45) is 1.24. The van der Waals surface area contributed by atoms with Gasteiger partial charge in [-0.3, -0.25) is 4.79 Å². The summed E-state index contributed by atoms with van der Waals surface area (Å²) in [6.45, 7) is 5.35. The van der Waals surface area contributed by atoms with E-state index in [-0.39, 0.29) is 5.91 Å². The molecular weight excluding hydrogens is 178 g/mol. The van der Waals surface area contributed by atoms with Gasteiger partial charge in [0, 0.05) is 39.3 Å². The third-order valence-electron chi connectivity index (χ3n) is 1.97. The molecule has 0 fully saturated rings. The van der Waals surface area contributed by atoms with Crippen molar-refractivity contribution in [3.8, 4) is 0 Å². The molecule has 0 radical (unpaired) electrons. The smallest absolute Gasteiger partial charge is 0.220 e. The quantitative estimate of drug-likeness (QED) is 0.575. The van der Waals surface area contributed by atoms with Gasteiger partial charge in [-0.15, -0.1) is 0 Å². The van der Waals surface area contributed by atoms with Gasteiger partial charge in [0.2, 0.25) is 5.91 Å². The average molecular weight is 199 g/mol. The molecule has 4 nitrogen and oxygen atoms in total. The van der Waals surface area contributed by atoms with Gasteiger partial charge in [-0.25, -0.2) is 0 Å². The molecule has 0 atom stereocenters. The van der Waals surface area contributed by atoms with Gasteiger partial charge < -0.3 is 15.5 Å². The van der Waals surface area contributed by atoms with Crippen LogP contribution in [-0.4, -0.2) is 45.0 Å². The maximum absolute atomic E-state index is 11.2. The topological polar surface area (TPSA) is 44.4 Å². The van der Waals surface area contributed by atoms with E-state index in [0.29, 0.717) is 13.0 Å². The highest BCUT2D eigenvalue weighted by Crippen LogP contribution is 2.03. The Kier molecular flexibility index (Phi) is 6.84. The minimum absolute atomic E-state index is 0.0863. The summed E-state index contributed by atoms with van der Waals surface area (Å²) < 4.78 is 0. The van der Waals surface area contributed by atoms with Crippen molar-refractivity contribution in [2.45, 2.75) is 12.8 Å². The van der Waals surface area contributed by atoms with Crippen LogP contribution in [0, 0.1) is 0 Å². The zero-order valence-electron chi connectivity index (χ0n) is 9.39. The summed E-state index contributed by atoms with van der Waals surface area (Å²) >= 11 is 0. The predicted molar refractivity (Wildman–Crippen MR) is 59.0 cm³/mol. The van der Waals surface area contributed by atoms with Crippen molar-refractivity contribution in [1.82, 2.24) is 15.5 Å². The van der Waals surface area contributed by atoms with Crippen molar-refractivity contribution < 1.29 is 4.79 Å². The molecule has 14 heavy (non-hydrogen) atoms. The van der Waals surface area contributed by atoms with E-state index >= 15 is 0 Å². The van der Waals surface area contributed by atoms with E-state index in [2.05, 4.69) is 17.2 Å². The number of amides is 1. The molecule has 0 aliphatic rings. The molecule has 0 rings (SSSR count). The van der Waals surface area contributed by atoms with Crippen LogP contribution in [0.3, 0.4) is 0 Å². The highest BCUT2D eigenvalue weighted by atomic mass is 16.1. The summed E-state index contributed by atoms with van der Waals surface area (Å²) in [5.41, 5.74) is 0.980. The van der Waals surface area contributed by atoms with Crippen molar-refractivity contribution in [1.29, 1.82) is 0 Å². The molecule has 0 spiro atoms. The van der Waals surface area contributed by atoms with Crippen LogP contribution in [-0.2, 0) is 4.79 Å². The first-order chi connectivity index (χ1) is 6.57. The highest BCUT2D eigenvalue weighted by molar-refractivity contribution is 5.76. The highest BCUT2D eigenvalue weighted by Gasteiger charge is 2.02. The number of carbonyl (C=O) groups is 1. The van der Waals surface area contributed by atoms with Crippen LogP contribution in [0.25, 0.3) is 0 Å². The lowest BCUT2D eigenvalue weighted by Crippen LogP contribution is -2.30. The molecule has 0 aliphatic carbocycles. The Morgan fingerprint density at radius 2 is 1.93 bits per heavy atom. The van der Waals surface area contributed by atoms with Gasteiger partial charge in [-0.1, -0.05) is 6.58 Å². The Bertz CT molecular complexity index is 190. The van der Waals surface area contributed by atoms with Crippen molar-refractivity contribution in [2.75, 3.05) is 34.2 Å². The van der Waals surface area contributed by atoms with Crippen molar-refractivity contribution in [2.24, 2.45) is 0 Å². The van der Waals surface area contributed by atoms with E-state index in [1.165, 1.54) is 0 Å². The van der Waals surface area contributed by atoms with Crippen LogP contribution >= 0.6 is 0 Å². The fraction of sp³-hybridized carbons (Fsp3) is 0.700. The van der Waals surface area contributed by atoms with Gasteiger partial charge >= 0.3 is 0 Å². The fourth-order valence-electron chi connectivity index (χ4n) is 0.897. The molecule has 0 bridgehead atoms. The number of likely N-dealkylation sites (N-methyl/N-ethyl adjacent to an activating group) is 1. The summed E-state index contributed by atoms with van der Waals surface area (Å²) in [6, 6.07) is 0. The molecule has 0 saturated heterocycles. The van der Waals surface area contributed by atoms with Crippen molar-refractivity contribution in [3.63, 3.8) is 0 Å². The monoisotopic (exact) mass is 199 g/mol. The van der Waals surface area contributed by atoms with Crippen LogP contribution in [0.5, 0.6) is 0 Å². The molecule has 0 aromatic carbocycles. The molecule has 0 heterocycles. The van der Waals surface area contributed by atoms with E-state index in [4.69, 9.17) is 0 Å². The number of nitrogens with zero attached hydrogens (tertiary/aromatic N) is 1. The SMILES string of the molecule is C=C(CCC(=O)NCCNC)N(C)C. The number of hydrogen-bond acceptors (Lipinski definition) is 3. The Labute approximate surface area is 86.4 Å². The Hall–Kier alpha value is -1.03. The lowest BCUT2D eigenvalue weighted by atomic mass is 10.2. The zero-order valence-corrected chi connectivity index (χ0v) is 9.39. The molecule has 0 aromatic heterocycles. The van der Waals surface area contributed by atoms with Gasteiger partial charge in [-0.2, -0.15) is 0 Å².